The number of fused-ring (bicyclic) bond motifs is 1. The van der Waals surface area contributed by atoms with Crippen LogP contribution in [0.25, 0.3) is 10.9 Å². The second kappa shape index (κ2) is 6.71. The summed E-state index contributed by atoms with van der Waals surface area (Å²) < 4.78 is 0. The van der Waals surface area contributed by atoms with Gasteiger partial charge in [0.05, 0.1) is 17.4 Å². The number of aromatic nitrogens is 2. The molecule has 1 N–H and O–H groups in total. The molecule has 118 valence electrons. The molecular weight excluding hydrogens is 333 g/mol. The fourth-order valence-electron chi connectivity index (χ4n) is 2.46. The standard InChI is InChI=1S/C17H15Cl2N3O/c1-22(9-11-4-2-3-5-14(11)19)10-16-20-15-8-12(18)6-7-13(15)17(23)21-16/h2-8H,9-10H2,1H3,(H,20,21,23). The van der Waals surface area contributed by atoms with Crippen molar-refractivity contribution >= 4 is 34.1 Å². The van der Waals surface area contributed by atoms with Gasteiger partial charge < -0.3 is 4.98 Å². The summed E-state index contributed by atoms with van der Waals surface area (Å²) in [6, 6.07) is 12.8. The highest BCUT2D eigenvalue weighted by Gasteiger charge is 2.09. The molecule has 0 radical (unpaired) electrons. The van der Waals surface area contributed by atoms with Crippen molar-refractivity contribution in [3.8, 4) is 0 Å². The van der Waals surface area contributed by atoms with Crippen molar-refractivity contribution in [2.45, 2.75) is 13.1 Å². The fourth-order valence-corrected chi connectivity index (χ4v) is 2.83. The van der Waals surface area contributed by atoms with Crippen LogP contribution in [0.2, 0.25) is 10.0 Å². The Morgan fingerprint density at radius 3 is 2.70 bits per heavy atom. The van der Waals surface area contributed by atoms with Gasteiger partial charge >= 0.3 is 0 Å². The van der Waals surface area contributed by atoms with Crippen LogP contribution in [0, 0.1) is 0 Å². The van der Waals surface area contributed by atoms with Crippen molar-refractivity contribution in [3.63, 3.8) is 0 Å². The predicted octanol–water partition coefficient (Wildman–Crippen LogP) is 3.86. The van der Waals surface area contributed by atoms with E-state index in [2.05, 4.69) is 9.97 Å². The monoisotopic (exact) mass is 347 g/mol. The van der Waals surface area contributed by atoms with Crippen LogP contribution in [0.3, 0.4) is 0 Å². The zero-order chi connectivity index (χ0) is 16.4. The molecule has 0 amide bonds. The van der Waals surface area contributed by atoms with E-state index in [1.165, 1.54) is 0 Å². The third kappa shape index (κ3) is 3.72. The Morgan fingerprint density at radius 2 is 1.91 bits per heavy atom. The summed E-state index contributed by atoms with van der Waals surface area (Å²) in [5.74, 6) is 0.597. The topological polar surface area (TPSA) is 49.0 Å². The quantitative estimate of drug-likeness (QED) is 0.779. The van der Waals surface area contributed by atoms with Gasteiger partial charge in [0.25, 0.3) is 5.56 Å². The number of halogens is 2. The van der Waals surface area contributed by atoms with Crippen LogP contribution >= 0.6 is 23.2 Å². The van der Waals surface area contributed by atoms with Crippen molar-refractivity contribution < 1.29 is 0 Å². The van der Waals surface area contributed by atoms with Crippen molar-refractivity contribution in [2.75, 3.05) is 7.05 Å². The third-order valence-corrected chi connectivity index (χ3v) is 4.14. The maximum Gasteiger partial charge on any atom is 0.258 e. The molecule has 1 aromatic heterocycles. The van der Waals surface area contributed by atoms with E-state index in [1.807, 2.05) is 36.2 Å². The lowest BCUT2D eigenvalue weighted by molar-refractivity contribution is 0.311. The number of H-pyrrole nitrogens is 1. The molecule has 0 bridgehead atoms. The summed E-state index contributed by atoms with van der Waals surface area (Å²) in [6.45, 7) is 1.17. The summed E-state index contributed by atoms with van der Waals surface area (Å²) in [6.07, 6.45) is 0. The largest absolute Gasteiger partial charge is 0.309 e. The van der Waals surface area contributed by atoms with E-state index in [4.69, 9.17) is 23.2 Å². The number of nitrogens with one attached hydrogen (secondary N) is 1. The van der Waals surface area contributed by atoms with Crippen molar-refractivity contribution in [3.05, 3.63) is 74.3 Å². The van der Waals surface area contributed by atoms with Gasteiger partial charge in [0.1, 0.15) is 5.82 Å². The average Bonchev–Trinajstić information content (AvgIpc) is 2.49. The summed E-state index contributed by atoms with van der Waals surface area (Å²) >= 11 is 12.2. The molecule has 0 aliphatic carbocycles. The van der Waals surface area contributed by atoms with E-state index < -0.39 is 0 Å². The fraction of sp³-hybridized carbons (Fsp3) is 0.176. The molecular formula is C17H15Cl2N3O. The van der Waals surface area contributed by atoms with Crippen LogP contribution in [-0.4, -0.2) is 21.9 Å². The lowest BCUT2D eigenvalue weighted by Crippen LogP contribution is -2.22. The smallest absolute Gasteiger partial charge is 0.258 e. The number of nitrogens with zero attached hydrogens (tertiary/aromatic N) is 2. The molecule has 6 heteroatoms. The highest BCUT2D eigenvalue weighted by molar-refractivity contribution is 6.31. The summed E-state index contributed by atoms with van der Waals surface area (Å²) in [5, 5.41) is 1.82. The van der Waals surface area contributed by atoms with Gasteiger partial charge in [-0.2, -0.15) is 0 Å². The molecule has 0 aliphatic rings. The summed E-state index contributed by atoms with van der Waals surface area (Å²) in [4.78, 5) is 21.5. The lowest BCUT2D eigenvalue weighted by atomic mass is 10.2. The van der Waals surface area contributed by atoms with Crippen molar-refractivity contribution in [1.82, 2.24) is 14.9 Å². The van der Waals surface area contributed by atoms with E-state index in [1.54, 1.807) is 18.2 Å². The van der Waals surface area contributed by atoms with Crippen LogP contribution in [0.15, 0.2) is 47.3 Å². The van der Waals surface area contributed by atoms with Crippen LogP contribution in [-0.2, 0) is 13.1 Å². The summed E-state index contributed by atoms with van der Waals surface area (Å²) in [7, 11) is 1.95. The van der Waals surface area contributed by atoms with Crippen molar-refractivity contribution in [2.24, 2.45) is 0 Å². The molecule has 0 saturated heterocycles. The number of aromatic amines is 1. The van der Waals surface area contributed by atoms with Crippen molar-refractivity contribution in [1.29, 1.82) is 0 Å². The Morgan fingerprint density at radius 1 is 1.13 bits per heavy atom. The van der Waals surface area contributed by atoms with Gasteiger partial charge in [-0.05, 0) is 36.9 Å². The van der Waals surface area contributed by atoms with E-state index in [9.17, 15) is 4.79 Å². The van der Waals surface area contributed by atoms with Gasteiger partial charge in [-0.1, -0.05) is 41.4 Å². The van der Waals surface area contributed by atoms with Gasteiger partial charge in [-0.25, -0.2) is 4.98 Å². The second-order valence-electron chi connectivity index (χ2n) is 5.44. The second-order valence-corrected chi connectivity index (χ2v) is 6.28. The minimum Gasteiger partial charge on any atom is -0.309 e. The predicted molar refractivity (Wildman–Crippen MR) is 94.0 cm³/mol. The Kier molecular flexibility index (Phi) is 4.66. The van der Waals surface area contributed by atoms with Gasteiger partial charge in [-0.3, -0.25) is 9.69 Å². The molecule has 1 heterocycles. The molecule has 0 fully saturated rings. The van der Waals surface area contributed by atoms with Gasteiger partial charge in [0.15, 0.2) is 0 Å². The molecule has 0 aliphatic heterocycles. The first-order valence-electron chi connectivity index (χ1n) is 7.13. The van der Waals surface area contributed by atoms with Crippen LogP contribution < -0.4 is 5.56 Å². The molecule has 23 heavy (non-hydrogen) atoms. The molecule has 4 nitrogen and oxygen atoms in total. The normalized spacial score (nSPS) is 11.3. The first kappa shape index (κ1) is 16.0. The summed E-state index contributed by atoms with van der Waals surface area (Å²) in [5.41, 5.74) is 1.47. The number of hydrogen-bond donors (Lipinski definition) is 1. The average molecular weight is 348 g/mol. The highest BCUT2D eigenvalue weighted by atomic mass is 35.5. The molecule has 0 unspecified atom stereocenters. The first-order chi connectivity index (χ1) is 11.0. The van der Waals surface area contributed by atoms with E-state index in [-0.39, 0.29) is 5.56 Å². The Balaban J connectivity index is 1.83. The molecule has 0 saturated carbocycles. The van der Waals surface area contributed by atoms with Crippen LogP contribution in [0.5, 0.6) is 0 Å². The van der Waals surface area contributed by atoms with Crippen LogP contribution in [0.1, 0.15) is 11.4 Å². The zero-order valence-corrected chi connectivity index (χ0v) is 14.0. The van der Waals surface area contributed by atoms with Gasteiger partial charge in [-0.15, -0.1) is 0 Å². The Labute approximate surface area is 143 Å². The lowest BCUT2D eigenvalue weighted by Gasteiger charge is -2.17. The number of benzene rings is 2. The first-order valence-corrected chi connectivity index (χ1v) is 7.89. The highest BCUT2D eigenvalue weighted by Crippen LogP contribution is 2.18. The molecule has 3 rings (SSSR count). The van der Waals surface area contributed by atoms with E-state index in [0.29, 0.717) is 34.8 Å². The Hall–Kier alpha value is -1.88. The third-order valence-electron chi connectivity index (χ3n) is 3.54. The number of rotatable bonds is 4. The minimum absolute atomic E-state index is 0.159. The number of hydrogen-bond acceptors (Lipinski definition) is 3. The molecule has 0 spiro atoms. The van der Waals surface area contributed by atoms with E-state index in [0.717, 1.165) is 10.6 Å². The van der Waals surface area contributed by atoms with Gasteiger partial charge in [0.2, 0.25) is 0 Å². The Bertz CT molecular complexity index is 908. The maximum atomic E-state index is 12.1. The zero-order valence-electron chi connectivity index (χ0n) is 12.5. The van der Waals surface area contributed by atoms with Gasteiger partial charge in [0, 0.05) is 16.6 Å². The SMILES string of the molecule is CN(Cc1nc2cc(Cl)ccc2c(=O)[nH]1)Cc1ccccc1Cl. The minimum atomic E-state index is -0.159. The molecule has 2 aromatic carbocycles. The molecule has 0 atom stereocenters. The molecule has 3 aromatic rings. The van der Waals surface area contributed by atoms with Crippen LogP contribution in [0.4, 0.5) is 0 Å². The maximum absolute atomic E-state index is 12.1. The van der Waals surface area contributed by atoms with E-state index >= 15 is 0 Å².